The number of hydrogen-bond donors (Lipinski definition) is 2. The summed E-state index contributed by atoms with van der Waals surface area (Å²) in [6, 6.07) is 0. The van der Waals surface area contributed by atoms with Gasteiger partial charge < -0.3 is 10.6 Å². The van der Waals surface area contributed by atoms with E-state index in [1.54, 1.807) is 0 Å². The van der Waals surface area contributed by atoms with Crippen LogP contribution >= 0.6 is 0 Å². The molecular formula is C16H32N2O2. The van der Waals surface area contributed by atoms with Gasteiger partial charge in [0.05, 0.1) is 0 Å². The van der Waals surface area contributed by atoms with E-state index in [4.69, 9.17) is 0 Å². The average molecular weight is 284 g/mol. The van der Waals surface area contributed by atoms with Crippen molar-refractivity contribution in [2.75, 3.05) is 13.1 Å². The molecule has 4 heteroatoms. The standard InChI is InChI=1S/C16H32N2O2/c1-15(2,3)13(19)17-11-9-7-8-10-12-18-14(20)16(4,5)6/h7-12H2,1-6H3,(H,17,19)(H,18,20). The minimum Gasteiger partial charge on any atom is -0.356 e. The van der Waals surface area contributed by atoms with Crippen molar-refractivity contribution in [1.82, 2.24) is 10.6 Å². The summed E-state index contributed by atoms with van der Waals surface area (Å²) in [5.74, 6) is 0.213. The van der Waals surface area contributed by atoms with Gasteiger partial charge in [-0.15, -0.1) is 0 Å². The third-order valence-corrected chi connectivity index (χ3v) is 3.04. The number of carbonyl (C=O) groups excluding carboxylic acids is 2. The fraction of sp³-hybridized carbons (Fsp3) is 0.875. The first kappa shape index (κ1) is 18.9. The van der Waals surface area contributed by atoms with Crippen molar-refractivity contribution in [2.45, 2.75) is 67.2 Å². The Balaban J connectivity index is 3.47. The first-order chi connectivity index (χ1) is 9.05. The minimum atomic E-state index is -0.308. The summed E-state index contributed by atoms with van der Waals surface area (Å²) in [6.07, 6.45) is 4.15. The Bertz CT molecular complexity index is 279. The summed E-state index contributed by atoms with van der Waals surface area (Å²) in [7, 11) is 0. The van der Waals surface area contributed by atoms with Crippen LogP contribution in [0.4, 0.5) is 0 Å². The van der Waals surface area contributed by atoms with Gasteiger partial charge in [-0.25, -0.2) is 0 Å². The highest BCUT2D eigenvalue weighted by molar-refractivity contribution is 5.81. The predicted molar refractivity (Wildman–Crippen MR) is 83.4 cm³/mol. The molecule has 0 fully saturated rings. The van der Waals surface area contributed by atoms with Gasteiger partial charge in [-0.05, 0) is 12.8 Å². The Morgan fingerprint density at radius 1 is 0.650 bits per heavy atom. The molecule has 4 nitrogen and oxygen atoms in total. The van der Waals surface area contributed by atoms with Gasteiger partial charge in [0.1, 0.15) is 0 Å². The molecule has 0 bridgehead atoms. The van der Waals surface area contributed by atoms with Gasteiger partial charge in [0.25, 0.3) is 0 Å². The highest BCUT2D eigenvalue weighted by Crippen LogP contribution is 2.13. The van der Waals surface area contributed by atoms with Crippen LogP contribution in [0.25, 0.3) is 0 Å². The Kier molecular flexibility index (Phi) is 7.84. The van der Waals surface area contributed by atoms with Crippen molar-refractivity contribution in [3.63, 3.8) is 0 Å². The van der Waals surface area contributed by atoms with E-state index in [0.29, 0.717) is 0 Å². The number of carbonyl (C=O) groups is 2. The van der Waals surface area contributed by atoms with Gasteiger partial charge >= 0.3 is 0 Å². The van der Waals surface area contributed by atoms with Crippen molar-refractivity contribution in [3.05, 3.63) is 0 Å². The lowest BCUT2D eigenvalue weighted by molar-refractivity contribution is -0.129. The molecule has 0 aliphatic carbocycles. The molecule has 0 radical (unpaired) electrons. The SMILES string of the molecule is CC(C)(C)C(=O)NCCCCCCNC(=O)C(C)(C)C. The summed E-state index contributed by atoms with van der Waals surface area (Å²) in [5.41, 5.74) is -0.617. The fourth-order valence-corrected chi connectivity index (χ4v) is 1.54. The molecular weight excluding hydrogens is 252 g/mol. The van der Waals surface area contributed by atoms with Crippen molar-refractivity contribution in [2.24, 2.45) is 10.8 Å². The summed E-state index contributed by atoms with van der Waals surface area (Å²) in [5, 5.41) is 5.89. The number of rotatable bonds is 7. The van der Waals surface area contributed by atoms with Crippen LogP contribution < -0.4 is 10.6 Å². The zero-order chi connectivity index (χ0) is 15.8. The van der Waals surface area contributed by atoms with E-state index in [-0.39, 0.29) is 22.6 Å². The summed E-state index contributed by atoms with van der Waals surface area (Å²) in [6.45, 7) is 13.0. The van der Waals surface area contributed by atoms with Gasteiger partial charge in [0, 0.05) is 23.9 Å². The lowest BCUT2D eigenvalue weighted by Gasteiger charge is -2.18. The second-order valence-corrected chi connectivity index (χ2v) is 7.43. The number of nitrogens with one attached hydrogen (secondary N) is 2. The molecule has 0 aromatic rings. The van der Waals surface area contributed by atoms with Crippen molar-refractivity contribution >= 4 is 11.8 Å². The smallest absolute Gasteiger partial charge is 0.225 e. The molecule has 0 spiro atoms. The molecule has 20 heavy (non-hydrogen) atoms. The summed E-state index contributed by atoms with van der Waals surface area (Å²) >= 11 is 0. The molecule has 0 aliphatic heterocycles. The lowest BCUT2D eigenvalue weighted by atomic mass is 9.95. The van der Waals surface area contributed by atoms with Crippen LogP contribution in [0.3, 0.4) is 0 Å². The third kappa shape index (κ3) is 8.94. The average Bonchev–Trinajstić information content (AvgIpc) is 2.29. The van der Waals surface area contributed by atoms with Crippen molar-refractivity contribution in [3.8, 4) is 0 Å². The first-order valence-electron chi connectivity index (χ1n) is 7.62. The first-order valence-corrected chi connectivity index (χ1v) is 7.62. The molecule has 0 saturated carbocycles. The van der Waals surface area contributed by atoms with Crippen LogP contribution in [-0.4, -0.2) is 24.9 Å². The van der Waals surface area contributed by atoms with Gasteiger partial charge in [-0.1, -0.05) is 54.4 Å². The molecule has 0 aliphatic rings. The molecule has 0 atom stereocenters. The topological polar surface area (TPSA) is 58.2 Å². The van der Waals surface area contributed by atoms with Crippen molar-refractivity contribution in [1.29, 1.82) is 0 Å². The van der Waals surface area contributed by atoms with Crippen LogP contribution in [0.15, 0.2) is 0 Å². The van der Waals surface area contributed by atoms with E-state index in [0.717, 1.165) is 38.8 Å². The molecule has 0 unspecified atom stereocenters. The minimum absolute atomic E-state index is 0.106. The van der Waals surface area contributed by atoms with Crippen molar-refractivity contribution < 1.29 is 9.59 Å². The van der Waals surface area contributed by atoms with Crippen LogP contribution in [0.1, 0.15) is 67.2 Å². The monoisotopic (exact) mass is 284 g/mol. The Morgan fingerprint density at radius 2 is 0.950 bits per heavy atom. The molecule has 0 aromatic carbocycles. The molecule has 2 amide bonds. The lowest BCUT2D eigenvalue weighted by Crippen LogP contribution is -2.35. The van der Waals surface area contributed by atoms with E-state index >= 15 is 0 Å². The molecule has 118 valence electrons. The Labute approximate surface area is 124 Å². The zero-order valence-corrected chi connectivity index (χ0v) is 14.1. The zero-order valence-electron chi connectivity index (χ0n) is 14.1. The normalized spacial score (nSPS) is 12.1. The van der Waals surface area contributed by atoms with E-state index in [1.807, 2.05) is 41.5 Å². The van der Waals surface area contributed by atoms with E-state index in [2.05, 4.69) is 10.6 Å². The largest absolute Gasteiger partial charge is 0.356 e. The van der Waals surface area contributed by atoms with Gasteiger partial charge in [-0.3, -0.25) is 9.59 Å². The molecule has 0 rings (SSSR count). The Morgan fingerprint density at radius 3 is 1.20 bits per heavy atom. The van der Waals surface area contributed by atoms with E-state index in [9.17, 15) is 9.59 Å². The second kappa shape index (κ2) is 8.28. The van der Waals surface area contributed by atoms with Gasteiger partial charge in [-0.2, -0.15) is 0 Å². The molecule has 0 heterocycles. The van der Waals surface area contributed by atoms with Crippen LogP contribution in [0, 0.1) is 10.8 Å². The number of unbranched alkanes of at least 4 members (excludes halogenated alkanes) is 3. The van der Waals surface area contributed by atoms with Gasteiger partial charge in [0.15, 0.2) is 0 Å². The van der Waals surface area contributed by atoms with E-state index < -0.39 is 0 Å². The quantitative estimate of drug-likeness (QED) is 0.706. The Hall–Kier alpha value is -1.06. The molecule has 2 N–H and O–H groups in total. The van der Waals surface area contributed by atoms with Crippen LogP contribution in [-0.2, 0) is 9.59 Å². The number of amides is 2. The van der Waals surface area contributed by atoms with Gasteiger partial charge in [0.2, 0.25) is 11.8 Å². The highest BCUT2D eigenvalue weighted by atomic mass is 16.2. The maximum atomic E-state index is 11.6. The van der Waals surface area contributed by atoms with E-state index in [1.165, 1.54) is 0 Å². The predicted octanol–water partition coefficient (Wildman–Crippen LogP) is 2.87. The fourth-order valence-electron chi connectivity index (χ4n) is 1.54. The van der Waals surface area contributed by atoms with Crippen LogP contribution in [0.5, 0.6) is 0 Å². The molecule has 0 saturated heterocycles. The third-order valence-electron chi connectivity index (χ3n) is 3.04. The maximum absolute atomic E-state index is 11.6. The molecule has 0 aromatic heterocycles. The summed E-state index contributed by atoms with van der Waals surface area (Å²) < 4.78 is 0. The second-order valence-electron chi connectivity index (χ2n) is 7.43. The summed E-state index contributed by atoms with van der Waals surface area (Å²) in [4.78, 5) is 23.2. The van der Waals surface area contributed by atoms with Crippen LogP contribution in [0.2, 0.25) is 0 Å². The number of hydrogen-bond acceptors (Lipinski definition) is 2. The highest BCUT2D eigenvalue weighted by Gasteiger charge is 2.20. The maximum Gasteiger partial charge on any atom is 0.225 e.